The summed E-state index contributed by atoms with van der Waals surface area (Å²) in [6, 6.07) is 0. The summed E-state index contributed by atoms with van der Waals surface area (Å²) in [5, 5.41) is 0. The third-order valence-corrected chi connectivity index (χ3v) is 1.81. The van der Waals surface area contributed by atoms with Crippen LogP contribution in [-0.2, 0) is 23.8 Å². The summed E-state index contributed by atoms with van der Waals surface area (Å²) in [7, 11) is 0. The molecule has 0 aliphatic carbocycles. The summed E-state index contributed by atoms with van der Waals surface area (Å²) in [5.74, 6) is -1.23. The second-order valence-electron chi connectivity index (χ2n) is 3.61. The summed E-state index contributed by atoms with van der Waals surface area (Å²) >= 11 is 0. The van der Waals surface area contributed by atoms with Gasteiger partial charge < -0.3 is 14.2 Å². The third-order valence-electron chi connectivity index (χ3n) is 1.81. The molecule has 1 atom stereocenters. The molecule has 16 heavy (non-hydrogen) atoms. The van der Waals surface area contributed by atoms with Gasteiger partial charge >= 0.3 is 11.9 Å². The van der Waals surface area contributed by atoms with E-state index in [9.17, 15) is 9.59 Å². The first-order valence-corrected chi connectivity index (χ1v) is 4.76. The lowest BCUT2D eigenvalue weighted by Crippen LogP contribution is -2.30. The van der Waals surface area contributed by atoms with Crippen LogP contribution in [0.25, 0.3) is 0 Å². The van der Waals surface area contributed by atoms with Crippen LogP contribution in [0.15, 0.2) is 24.3 Å². The molecule has 5 nitrogen and oxygen atoms in total. The number of carbonyl (C=O) groups is 2. The minimum atomic E-state index is -1.02. The summed E-state index contributed by atoms with van der Waals surface area (Å²) in [5.41, 5.74) is 0.467. The largest absolute Gasteiger partial charge is 0.419 e. The van der Waals surface area contributed by atoms with Crippen LogP contribution in [0, 0.1) is 0 Å². The predicted octanol–water partition coefficient (Wildman–Crippen LogP) is 0.950. The van der Waals surface area contributed by atoms with Gasteiger partial charge in [-0.05, 0) is 13.8 Å². The minimum absolute atomic E-state index is 0.233. The van der Waals surface area contributed by atoms with E-state index in [1.165, 1.54) is 13.8 Å². The molecule has 0 amide bonds. The molecule has 88 valence electrons. The maximum absolute atomic E-state index is 11.2. The molecular formula is C11H14O5. The summed E-state index contributed by atoms with van der Waals surface area (Å²) < 4.78 is 14.7. The van der Waals surface area contributed by atoms with Gasteiger partial charge in [-0.15, -0.1) is 0 Å². The van der Waals surface area contributed by atoms with E-state index >= 15 is 0 Å². The average Bonchev–Trinajstić information content (AvgIpc) is 2.99. The number of esters is 2. The van der Waals surface area contributed by atoms with Gasteiger partial charge in [-0.2, -0.15) is 0 Å². The van der Waals surface area contributed by atoms with E-state index in [4.69, 9.17) is 14.2 Å². The highest BCUT2D eigenvalue weighted by atomic mass is 16.7. The fourth-order valence-corrected chi connectivity index (χ4v) is 0.801. The van der Waals surface area contributed by atoms with Gasteiger partial charge in [-0.1, -0.05) is 13.2 Å². The minimum Gasteiger partial charge on any atom is -0.419 e. The van der Waals surface area contributed by atoms with Crippen LogP contribution in [0.2, 0.25) is 0 Å². The van der Waals surface area contributed by atoms with Gasteiger partial charge in [0.15, 0.2) is 6.10 Å². The molecule has 1 heterocycles. The number of ether oxygens (including phenoxy) is 3. The van der Waals surface area contributed by atoms with Gasteiger partial charge in [-0.3, -0.25) is 0 Å². The summed E-state index contributed by atoms with van der Waals surface area (Å²) in [4.78, 5) is 22.5. The Labute approximate surface area is 93.7 Å². The van der Waals surface area contributed by atoms with Crippen molar-refractivity contribution in [2.75, 3.05) is 6.61 Å². The zero-order chi connectivity index (χ0) is 12.3. The van der Waals surface area contributed by atoms with E-state index < -0.39 is 18.2 Å². The Bertz CT molecular complexity index is 312. The topological polar surface area (TPSA) is 65.1 Å². The van der Waals surface area contributed by atoms with E-state index in [-0.39, 0.29) is 17.3 Å². The molecule has 0 saturated carbocycles. The highest BCUT2D eigenvalue weighted by Gasteiger charge is 2.39. The molecule has 1 aliphatic rings. The van der Waals surface area contributed by atoms with Crippen molar-refractivity contribution in [3.05, 3.63) is 24.3 Å². The molecule has 0 aromatic carbocycles. The molecule has 1 fully saturated rings. The summed E-state index contributed by atoms with van der Waals surface area (Å²) in [6.45, 7) is 10.3. The normalized spacial score (nSPS) is 17.8. The Morgan fingerprint density at radius 1 is 1.19 bits per heavy atom. The first kappa shape index (κ1) is 12.4. The van der Waals surface area contributed by atoms with E-state index in [0.29, 0.717) is 6.61 Å². The average molecular weight is 226 g/mol. The molecule has 0 N–H and O–H groups in total. The fourth-order valence-electron chi connectivity index (χ4n) is 0.801. The lowest BCUT2D eigenvalue weighted by atomic mass is 10.3. The number of hydrogen-bond donors (Lipinski definition) is 0. The number of hydrogen-bond acceptors (Lipinski definition) is 5. The van der Waals surface area contributed by atoms with E-state index in [1.807, 2.05) is 0 Å². The van der Waals surface area contributed by atoms with E-state index in [1.54, 1.807) is 0 Å². The SMILES string of the molecule is C=C(C)C(=O)OC(OC(=O)C(=C)C)C1CO1. The van der Waals surface area contributed by atoms with Crippen molar-refractivity contribution in [3.8, 4) is 0 Å². The van der Waals surface area contributed by atoms with E-state index in [2.05, 4.69) is 13.2 Å². The Balaban J connectivity index is 2.54. The molecule has 5 heteroatoms. The molecule has 1 rings (SSSR count). The van der Waals surface area contributed by atoms with Gasteiger partial charge in [0.2, 0.25) is 0 Å². The highest BCUT2D eigenvalue weighted by Crippen LogP contribution is 2.20. The number of rotatable bonds is 5. The van der Waals surface area contributed by atoms with Crippen LogP contribution in [0.1, 0.15) is 13.8 Å². The van der Waals surface area contributed by atoms with Crippen LogP contribution in [0.3, 0.4) is 0 Å². The zero-order valence-corrected chi connectivity index (χ0v) is 9.32. The van der Waals surface area contributed by atoms with Crippen molar-refractivity contribution in [2.45, 2.75) is 26.2 Å². The molecular weight excluding hydrogens is 212 g/mol. The number of carbonyl (C=O) groups excluding carboxylic acids is 2. The van der Waals surface area contributed by atoms with Crippen molar-refractivity contribution in [1.29, 1.82) is 0 Å². The van der Waals surface area contributed by atoms with Crippen LogP contribution in [-0.4, -0.2) is 30.9 Å². The first-order valence-electron chi connectivity index (χ1n) is 4.76. The second-order valence-corrected chi connectivity index (χ2v) is 3.61. The Hall–Kier alpha value is -1.62. The molecule has 0 bridgehead atoms. The molecule has 0 radical (unpaired) electrons. The fraction of sp³-hybridized carbons (Fsp3) is 0.455. The maximum Gasteiger partial charge on any atom is 0.336 e. The van der Waals surface area contributed by atoms with Crippen LogP contribution >= 0.6 is 0 Å². The van der Waals surface area contributed by atoms with Gasteiger partial charge in [-0.25, -0.2) is 9.59 Å². The molecule has 0 aromatic heterocycles. The van der Waals surface area contributed by atoms with Crippen LogP contribution < -0.4 is 0 Å². The Morgan fingerprint density at radius 3 is 1.81 bits per heavy atom. The van der Waals surface area contributed by atoms with E-state index in [0.717, 1.165) is 0 Å². The number of epoxide rings is 1. The molecule has 1 unspecified atom stereocenters. The van der Waals surface area contributed by atoms with Gasteiger partial charge in [0.05, 0.1) is 6.61 Å². The summed E-state index contributed by atoms with van der Waals surface area (Å²) in [6.07, 6.45) is -1.40. The van der Waals surface area contributed by atoms with Gasteiger partial charge in [0.25, 0.3) is 6.29 Å². The van der Waals surface area contributed by atoms with Gasteiger partial charge in [0.1, 0.15) is 0 Å². The third kappa shape index (κ3) is 3.51. The van der Waals surface area contributed by atoms with Crippen molar-refractivity contribution in [1.82, 2.24) is 0 Å². The van der Waals surface area contributed by atoms with Crippen molar-refractivity contribution in [2.24, 2.45) is 0 Å². The Kier molecular flexibility index (Phi) is 3.84. The maximum atomic E-state index is 11.2. The highest BCUT2D eigenvalue weighted by molar-refractivity contribution is 5.88. The lowest BCUT2D eigenvalue weighted by Gasteiger charge is -2.16. The monoisotopic (exact) mass is 226 g/mol. The first-order chi connectivity index (χ1) is 7.41. The lowest BCUT2D eigenvalue weighted by molar-refractivity contribution is -0.185. The standard InChI is InChI=1S/C11H14O5/c1-6(2)9(12)15-11(8-5-14-8)16-10(13)7(3)4/h8,11H,1,3,5H2,2,4H3. The van der Waals surface area contributed by atoms with Crippen molar-refractivity contribution in [3.63, 3.8) is 0 Å². The van der Waals surface area contributed by atoms with Gasteiger partial charge in [0, 0.05) is 11.1 Å². The quantitative estimate of drug-likeness (QED) is 0.302. The smallest absolute Gasteiger partial charge is 0.336 e. The molecule has 1 saturated heterocycles. The van der Waals surface area contributed by atoms with Crippen molar-refractivity contribution < 1.29 is 23.8 Å². The zero-order valence-electron chi connectivity index (χ0n) is 9.32. The Morgan fingerprint density at radius 2 is 1.56 bits per heavy atom. The molecule has 0 aromatic rings. The molecule has 0 spiro atoms. The van der Waals surface area contributed by atoms with Crippen molar-refractivity contribution >= 4 is 11.9 Å². The van der Waals surface area contributed by atoms with Crippen LogP contribution in [0.4, 0.5) is 0 Å². The predicted molar refractivity (Wildman–Crippen MR) is 55.3 cm³/mol. The van der Waals surface area contributed by atoms with Crippen LogP contribution in [0.5, 0.6) is 0 Å². The second kappa shape index (κ2) is 4.94. The molecule has 1 aliphatic heterocycles.